The Morgan fingerprint density at radius 3 is 2.85 bits per heavy atom. The topological polar surface area (TPSA) is 59.0 Å². The fourth-order valence-corrected chi connectivity index (χ4v) is 2.79. The molecule has 0 unspecified atom stereocenters. The molecule has 0 spiro atoms. The number of hydrogen-bond acceptors (Lipinski definition) is 3. The first-order valence-corrected chi connectivity index (χ1v) is 8.78. The van der Waals surface area contributed by atoms with E-state index in [-0.39, 0.29) is 18.5 Å². The van der Waals surface area contributed by atoms with Gasteiger partial charge in [0.2, 0.25) is 5.91 Å². The minimum Gasteiger partial charge on any atom is -0.325 e. The third-order valence-corrected chi connectivity index (χ3v) is 4.60. The van der Waals surface area contributed by atoms with Crippen LogP contribution in [0.4, 0.5) is 5.69 Å². The summed E-state index contributed by atoms with van der Waals surface area (Å²) in [6.07, 6.45) is 5.41. The number of benzene rings is 2. The first-order valence-electron chi connectivity index (χ1n) is 8.40. The van der Waals surface area contributed by atoms with E-state index >= 15 is 0 Å². The lowest BCUT2D eigenvalue weighted by molar-refractivity contribution is -0.115. The molecule has 3 rings (SSSR count). The Balaban J connectivity index is 1.58. The second-order valence-corrected chi connectivity index (χ2v) is 6.59. The van der Waals surface area contributed by atoms with Crippen molar-refractivity contribution in [3.05, 3.63) is 77.3 Å². The van der Waals surface area contributed by atoms with Crippen LogP contribution in [0.5, 0.6) is 0 Å². The van der Waals surface area contributed by atoms with Crippen molar-refractivity contribution in [1.82, 2.24) is 14.9 Å². The summed E-state index contributed by atoms with van der Waals surface area (Å²) in [7, 11) is 0. The molecular formula is C20H21ClN4O. The minimum absolute atomic E-state index is 0.0332. The van der Waals surface area contributed by atoms with Crippen molar-refractivity contribution in [2.45, 2.75) is 19.9 Å². The molecule has 0 aliphatic carbocycles. The zero-order chi connectivity index (χ0) is 18.5. The lowest BCUT2D eigenvalue weighted by Gasteiger charge is -2.15. The molecule has 3 aromatic rings. The van der Waals surface area contributed by atoms with E-state index in [0.29, 0.717) is 10.7 Å². The molecule has 26 heavy (non-hydrogen) atoms. The fourth-order valence-electron chi connectivity index (χ4n) is 2.61. The van der Waals surface area contributed by atoms with Crippen LogP contribution in [0.15, 0.2) is 61.2 Å². The molecule has 0 fully saturated rings. The highest BCUT2D eigenvalue weighted by molar-refractivity contribution is 6.31. The lowest BCUT2D eigenvalue weighted by atomic mass is 10.1. The Morgan fingerprint density at radius 2 is 2.12 bits per heavy atom. The van der Waals surface area contributed by atoms with Crippen LogP contribution in [-0.4, -0.2) is 22.0 Å². The zero-order valence-electron chi connectivity index (χ0n) is 14.7. The Bertz CT molecular complexity index is 893. The molecule has 0 aliphatic rings. The molecule has 2 aromatic carbocycles. The average molecular weight is 369 g/mol. The molecule has 134 valence electrons. The summed E-state index contributed by atoms with van der Waals surface area (Å²) < 4.78 is 1.95. The minimum atomic E-state index is -0.109. The molecule has 6 heteroatoms. The van der Waals surface area contributed by atoms with E-state index in [9.17, 15) is 4.79 Å². The van der Waals surface area contributed by atoms with E-state index in [4.69, 9.17) is 11.6 Å². The number of aromatic nitrogens is 2. The van der Waals surface area contributed by atoms with E-state index in [1.54, 1.807) is 18.6 Å². The van der Waals surface area contributed by atoms with E-state index in [2.05, 4.69) is 21.7 Å². The number of nitrogens with one attached hydrogen (secondary N) is 2. The molecular weight excluding hydrogens is 348 g/mol. The van der Waals surface area contributed by atoms with Crippen molar-refractivity contribution in [3.63, 3.8) is 0 Å². The van der Waals surface area contributed by atoms with Gasteiger partial charge >= 0.3 is 0 Å². The van der Waals surface area contributed by atoms with Gasteiger partial charge in [-0.3, -0.25) is 4.79 Å². The number of aryl methyl sites for hydroxylation is 1. The van der Waals surface area contributed by atoms with Crippen LogP contribution in [0.25, 0.3) is 5.69 Å². The predicted molar refractivity (Wildman–Crippen MR) is 105 cm³/mol. The molecule has 1 amide bonds. The third kappa shape index (κ3) is 4.50. The molecule has 0 radical (unpaired) electrons. The zero-order valence-corrected chi connectivity index (χ0v) is 15.5. The van der Waals surface area contributed by atoms with Crippen LogP contribution in [0.1, 0.15) is 24.1 Å². The number of hydrogen-bond donors (Lipinski definition) is 2. The van der Waals surface area contributed by atoms with Gasteiger partial charge in [-0.2, -0.15) is 0 Å². The summed E-state index contributed by atoms with van der Waals surface area (Å²) in [5, 5.41) is 6.74. The number of halogens is 1. The first-order chi connectivity index (χ1) is 12.5. The number of amides is 1. The Labute approximate surface area is 158 Å². The molecule has 1 heterocycles. The van der Waals surface area contributed by atoms with E-state index in [1.807, 2.05) is 54.9 Å². The van der Waals surface area contributed by atoms with Gasteiger partial charge in [-0.05, 0) is 49.2 Å². The maximum absolute atomic E-state index is 12.2. The molecule has 0 aliphatic heterocycles. The first kappa shape index (κ1) is 18.2. The van der Waals surface area contributed by atoms with E-state index in [0.717, 1.165) is 16.8 Å². The highest BCUT2D eigenvalue weighted by Crippen LogP contribution is 2.20. The molecule has 1 atom stereocenters. The normalized spacial score (nSPS) is 12.0. The summed E-state index contributed by atoms with van der Waals surface area (Å²) in [6.45, 7) is 4.17. The smallest absolute Gasteiger partial charge is 0.238 e. The Morgan fingerprint density at radius 1 is 1.27 bits per heavy atom. The number of rotatable bonds is 6. The van der Waals surface area contributed by atoms with Crippen molar-refractivity contribution in [2.75, 3.05) is 11.9 Å². The van der Waals surface area contributed by atoms with Gasteiger partial charge in [0.05, 0.1) is 12.9 Å². The second-order valence-electron chi connectivity index (χ2n) is 6.18. The van der Waals surface area contributed by atoms with Gasteiger partial charge in [0.25, 0.3) is 0 Å². The van der Waals surface area contributed by atoms with Gasteiger partial charge in [0.15, 0.2) is 0 Å². The number of imidazole rings is 1. The standard InChI is InChI=1S/C20H21ClN4O/c1-14-6-7-17(11-19(14)21)24-20(26)12-23-15(2)16-4-3-5-18(10-16)25-9-8-22-13-25/h3-11,13,15,23H,12H2,1-2H3,(H,24,26)/t15-/m1/s1. The highest BCUT2D eigenvalue weighted by atomic mass is 35.5. The van der Waals surface area contributed by atoms with Crippen molar-refractivity contribution < 1.29 is 4.79 Å². The number of carbonyl (C=O) groups is 1. The predicted octanol–water partition coefficient (Wildman–Crippen LogP) is 4.12. The van der Waals surface area contributed by atoms with Gasteiger partial charge in [-0.25, -0.2) is 4.98 Å². The third-order valence-electron chi connectivity index (χ3n) is 4.20. The van der Waals surface area contributed by atoms with Crippen LogP contribution >= 0.6 is 11.6 Å². The summed E-state index contributed by atoms with van der Waals surface area (Å²) in [5.74, 6) is -0.109. The van der Waals surface area contributed by atoms with Gasteiger partial charge in [-0.15, -0.1) is 0 Å². The van der Waals surface area contributed by atoms with Crippen molar-refractivity contribution in [3.8, 4) is 5.69 Å². The maximum atomic E-state index is 12.2. The quantitative estimate of drug-likeness (QED) is 0.688. The summed E-state index contributed by atoms with van der Waals surface area (Å²) in [4.78, 5) is 16.2. The van der Waals surface area contributed by atoms with Crippen molar-refractivity contribution in [2.24, 2.45) is 0 Å². The molecule has 0 bridgehead atoms. The van der Waals surface area contributed by atoms with Crippen LogP contribution < -0.4 is 10.6 Å². The van der Waals surface area contributed by atoms with Gasteiger partial charge in [0, 0.05) is 34.8 Å². The largest absolute Gasteiger partial charge is 0.325 e. The Kier molecular flexibility index (Phi) is 5.71. The SMILES string of the molecule is Cc1ccc(NC(=O)CN[C@H](C)c2cccc(-n3ccnc3)c2)cc1Cl. The summed E-state index contributed by atoms with van der Waals surface area (Å²) in [5.41, 5.74) is 3.81. The highest BCUT2D eigenvalue weighted by Gasteiger charge is 2.09. The number of carbonyl (C=O) groups excluding carboxylic acids is 1. The summed E-state index contributed by atoms with van der Waals surface area (Å²) >= 11 is 6.09. The fraction of sp³-hybridized carbons (Fsp3) is 0.200. The molecule has 0 saturated carbocycles. The van der Waals surface area contributed by atoms with Crippen molar-refractivity contribution in [1.29, 1.82) is 0 Å². The molecule has 2 N–H and O–H groups in total. The second kappa shape index (κ2) is 8.17. The van der Waals surface area contributed by atoms with Crippen LogP contribution in [-0.2, 0) is 4.79 Å². The van der Waals surface area contributed by atoms with Gasteiger partial charge in [-0.1, -0.05) is 29.8 Å². The average Bonchev–Trinajstić information content (AvgIpc) is 3.18. The van der Waals surface area contributed by atoms with Crippen LogP contribution in [0.2, 0.25) is 5.02 Å². The van der Waals surface area contributed by atoms with Gasteiger partial charge in [0.1, 0.15) is 0 Å². The Hall–Kier alpha value is -2.63. The molecule has 5 nitrogen and oxygen atoms in total. The monoisotopic (exact) mass is 368 g/mol. The maximum Gasteiger partial charge on any atom is 0.238 e. The van der Waals surface area contributed by atoms with Gasteiger partial charge < -0.3 is 15.2 Å². The lowest BCUT2D eigenvalue weighted by Crippen LogP contribution is -2.30. The van der Waals surface area contributed by atoms with Crippen LogP contribution in [0, 0.1) is 6.92 Å². The number of nitrogens with zero attached hydrogens (tertiary/aromatic N) is 2. The van der Waals surface area contributed by atoms with Crippen LogP contribution in [0.3, 0.4) is 0 Å². The molecule has 0 saturated heterocycles. The van der Waals surface area contributed by atoms with Crippen molar-refractivity contribution >= 4 is 23.2 Å². The molecule has 1 aromatic heterocycles. The van der Waals surface area contributed by atoms with E-state index < -0.39 is 0 Å². The summed E-state index contributed by atoms with van der Waals surface area (Å²) in [6, 6.07) is 13.7. The number of anilines is 1. The van der Waals surface area contributed by atoms with E-state index in [1.165, 1.54) is 0 Å².